The van der Waals surface area contributed by atoms with Gasteiger partial charge in [0.1, 0.15) is 11.5 Å². The Morgan fingerprint density at radius 3 is 2.68 bits per heavy atom. The number of rotatable bonds is 8. The molecule has 0 atom stereocenters. The van der Waals surface area contributed by atoms with E-state index in [1.807, 2.05) is 40.5 Å². The van der Waals surface area contributed by atoms with Crippen molar-refractivity contribution in [3.63, 3.8) is 0 Å². The molecule has 8 heteroatoms. The van der Waals surface area contributed by atoms with Crippen LogP contribution in [-0.2, 0) is 12.2 Å². The minimum Gasteiger partial charge on any atom is -0.497 e. The van der Waals surface area contributed by atoms with E-state index < -0.39 is 0 Å². The lowest BCUT2D eigenvalue weighted by atomic mass is 10.2. The van der Waals surface area contributed by atoms with Gasteiger partial charge in [0.2, 0.25) is 4.96 Å². The molecule has 0 aliphatic heterocycles. The van der Waals surface area contributed by atoms with E-state index >= 15 is 0 Å². The number of aromatic nitrogens is 4. The molecule has 144 valence electrons. The Balaban J connectivity index is 1.48. The van der Waals surface area contributed by atoms with Gasteiger partial charge in [-0.2, -0.15) is 21.4 Å². The smallest absolute Gasteiger partial charge is 0.235 e. The Bertz CT molecular complexity index is 1060. The maximum atomic E-state index is 5.50. The van der Waals surface area contributed by atoms with Crippen molar-refractivity contribution in [2.45, 2.75) is 12.2 Å². The van der Waals surface area contributed by atoms with Crippen LogP contribution in [0.15, 0.2) is 48.5 Å². The Hall–Kier alpha value is -2.58. The number of aryl methyl sites for hydroxylation is 1. The van der Waals surface area contributed by atoms with Crippen LogP contribution in [0.3, 0.4) is 0 Å². The maximum absolute atomic E-state index is 5.50. The fourth-order valence-electron chi connectivity index (χ4n) is 2.83. The summed E-state index contributed by atoms with van der Waals surface area (Å²) in [4.78, 5) is 0.784. The molecule has 0 N–H and O–H groups in total. The topological polar surface area (TPSA) is 61.5 Å². The van der Waals surface area contributed by atoms with E-state index in [1.54, 1.807) is 14.2 Å². The zero-order valence-electron chi connectivity index (χ0n) is 15.7. The van der Waals surface area contributed by atoms with Crippen molar-refractivity contribution in [2.75, 3.05) is 20.0 Å². The van der Waals surface area contributed by atoms with Gasteiger partial charge in [-0.25, -0.2) is 0 Å². The zero-order valence-corrected chi connectivity index (χ0v) is 17.3. The summed E-state index contributed by atoms with van der Waals surface area (Å²) in [6, 6.07) is 16.2. The average Bonchev–Trinajstić information content (AvgIpc) is 3.33. The van der Waals surface area contributed by atoms with Crippen LogP contribution in [0.1, 0.15) is 11.4 Å². The van der Waals surface area contributed by atoms with E-state index in [1.165, 1.54) is 16.9 Å². The van der Waals surface area contributed by atoms with Gasteiger partial charge in [-0.15, -0.1) is 10.2 Å². The van der Waals surface area contributed by atoms with Gasteiger partial charge >= 0.3 is 0 Å². The number of benzene rings is 2. The first-order valence-electron chi connectivity index (χ1n) is 8.83. The van der Waals surface area contributed by atoms with Crippen LogP contribution in [-0.4, -0.2) is 39.8 Å². The summed E-state index contributed by atoms with van der Waals surface area (Å²) in [6.45, 7) is 0. The molecule has 0 aliphatic carbocycles. The van der Waals surface area contributed by atoms with E-state index in [9.17, 15) is 0 Å². The monoisotopic (exact) mass is 412 g/mol. The summed E-state index contributed by atoms with van der Waals surface area (Å²) in [5.74, 6) is 4.14. The highest BCUT2D eigenvalue weighted by Gasteiger charge is 2.16. The molecule has 6 nitrogen and oxygen atoms in total. The Morgan fingerprint density at radius 1 is 1.04 bits per heavy atom. The lowest BCUT2D eigenvalue weighted by Crippen LogP contribution is -1.96. The predicted molar refractivity (Wildman–Crippen MR) is 114 cm³/mol. The van der Waals surface area contributed by atoms with Gasteiger partial charge in [0.15, 0.2) is 10.8 Å². The number of nitrogens with zero attached hydrogens (tertiary/aromatic N) is 4. The van der Waals surface area contributed by atoms with Crippen molar-refractivity contribution in [2.24, 2.45) is 0 Å². The largest absolute Gasteiger partial charge is 0.497 e. The molecule has 0 saturated heterocycles. The number of thioether (sulfide) groups is 1. The van der Waals surface area contributed by atoms with Gasteiger partial charge in [-0.1, -0.05) is 41.7 Å². The standard InChI is InChI=1S/C20H20N4O2S2/c1-25-15-8-9-16(17(12-15)26-2)19-23-24-18(21-22-20(24)28-19)13-27-11-10-14-6-4-3-5-7-14/h3-9,12H,10-11,13H2,1-2H3. The first-order valence-corrected chi connectivity index (χ1v) is 10.8. The second-order valence-corrected chi connectivity index (χ2v) is 8.13. The highest BCUT2D eigenvalue weighted by Crippen LogP contribution is 2.35. The zero-order chi connectivity index (χ0) is 19.3. The van der Waals surface area contributed by atoms with Crippen molar-refractivity contribution < 1.29 is 9.47 Å². The molecule has 0 bridgehead atoms. The maximum Gasteiger partial charge on any atom is 0.235 e. The molecule has 0 radical (unpaired) electrons. The molecule has 4 aromatic rings. The van der Waals surface area contributed by atoms with E-state index in [0.717, 1.165) is 50.8 Å². The molecule has 0 saturated carbocycles. The van der Waals surface area contributed by atoms with Gasteiger partial charge in [-0.3, -0.25) is 0 Å². The van der Waals surface area contributed by atoms with Gasteiger partial charge < -0.3 is 9.47 Å². The second kappa shape index (κ2) is 8.62. The Kier molecular flexibility index (Phi) is 5.78. The number of ether oxygens (including phenoxy) is 2. The second-order valence-electron chi connectivity index (χ2n) is 6.07. The van der Waals surface area contributed by atoms with Crippen LogP contribution in [0.2, 0.25) is 0 Å². The predicted octanol–water partition coefficient (Wildman–Crippen LogP) is 4.35. The lowest BCUT2D eigenvalue weighted by molar-refractivity contribution is 0.395. The molecular weight excluding hydrogens is 392 g/mol. The van der Waals surface area contributed by atoms with Crippen molar-refractivity contribution in [1.29, 1.82) is 0 Å². The quantitative estimate of drug-likeness (QED) is 0.401. The van der Waals surface area contributed by atoms with Crippen LogP contribution in [0.5, 0.6) is 11.5 Å². The number of methoxy groups -OCH3 is 2. The van der Waals surface area contributed by atoms with Gasteiger partial charge in [0, 0.05) is 6.07 Å². The van der Waals surface area contributed by atoms with Crippen LogP contribution in [0, 0.1) is 0 Å². The van der Waals surface area contributed by atoms with Gasteiger partial charge in [0.05, 0.1) is 25.5 Å². The van der Waals surface area contributed by atoms with Crippen molar-refractivity contribution in [3.05, 3.63) is 59.9 Å². The normalized spacial score (nSPS) is 11.1. The number of hydrogen-bond donors (Lipinski definition) is 0. The summed E-state index contributed by atoms with van der Waals surface area (Å²) in [7, 11) is 3.28. The van der Waals surface area contributed by atoms with Crippen molar-refractivity contribution >= 4 is 28.1 Å². The summed E-state index contributed by atoms with van der Waals surface area (Å²) < 4.78 is 12.6. The highest BCUT2D eigenvalue weighted by atomic mass is 32.2. The summed E-state index contributed by atoms with van der Waals surface area (Å²) in [6.07, 6.45) is 1.04. The first kappa shape index (κ1) is 18.8. The molecule has 4 rings (SSSR count). The van der Waals surface area contributed by atoms with Gasteiger partial charge in [-0.05, 0) is 29.9 Å². The van der Waals surface area contributed by atoms with Gasteiger partial charge in [0.25, 0.3) is 0 Å². The minimum absolute atomic E-state index is 0.725. The highest BCUT2D eigenvalue weighted by molar-refractivity contribution is 7.98. The van der Waals surface area contributed by atoms with E-state index in [2.05, 4.69) is 34.5 Å². The molecule has 2 aromatic carbocycles. The van der Waals surface area contributed by atoms with Crippen LogP contribution >= 0.6 is 23.1 Å². The van der Waals surface area contributed by atoms with Crippen molar-refractivity contribution in [1.82, 2.24) is 19.8 Å². The van der Waals surface area contributed by atoms with E-state index in [4.69, 9.17) is 14.6 Å². The fraction of sp³-hybridized carbons (Fsp3) is 0.250. The van der Waals surface area contributed by atoms with E-state index in [0.29, 0.717) is 0 Å². The van der Waals surface area contributed by atoms with Crippen LogP contribution in [0.4, 0.5) is 0 Å². The summed E-state index contributed by atoms with van der Waals surface area (Å²) in [5, 5.41) is 14.1. The van der Waals surface area contributed by atoms with Crippen LogP contribution < -0.4 is 9.47 Å². The molecule has 0 amide bonds. The fourth-order valence-corrected chi connectivity index (χ4v) is 4.60. The first-order chi connectivity index (χ1) is 13.8. The van der Waals surface area contributed by atoms with E-state index in [-0.39, 0.29) is 0 Å². The van der Waals surface area contributed by atoms with Crippen molar-refractivity contribution in [3.8, 4) is 22.1 Å². The lowest BCUT2D eigenvalue weighted by Gasteiger charge is -2.07. The average molecular weight is 413 g/mol. The summed E-state index contributed by atoms with van der Waals surface area (Å²) in [5.41, 5.74) is 2.27. The van der Waals surface area contributed by atoms with Crippen LogP contribution in [0.25, 0.3) is 15.5 Å². The Morgan fingerprint density at radius 2 is 1.89 bits per heavy atom. The molecule has 0 spiro atoms. The molecule has 2 aromatic heterocycles. The number of hydrogen-bond acceptors (Lipinski definition) is 7. The third-order valence-corrected chi connectivity index (χ3v) is 6.19. The number of fused-ring (bicyclic) bond motifs is 1. The molecule has 2 heterocycles. The third-order valence-electron chi connectivity index (χ3n) is 4.30. The molecule has 0 fully saturated rings. The molecule has 0 unspecified atom stereocenters. The molecule has 28 heavy (non-hydrogen) atoms. The molecular formula is C20H20N4O2S2. The summed E-state index contributed by atoms with van der Waals surface area (Å²) >= 11 is 3.34. The minimum atomic E-state index is 0.725. The Labute approximate surface area is 171 Å². The third kappa shape index (κ3) is 3.98. The molecule has 0 aliphatic rings. The SMILES string of the molecule is COc1ccc(-c2nn3c(CSCCc4ccccc4)nnc3s2)c(OC)c1.